The van der Waals surface area contributed by atoms with E-state index in [1.54, 1.807) is 23.1 Å². The number of nitrogens with zero attached hydrogens (tertiary/aromatic N) is 1. The van der Waals surface area contributed by atoms with Gasteiger partial charge in [0, 0.05) is 0 Å². The Labute approximate surface area is 121 Å². The van der Waals surface area contributed by atoms with E-state index < -0.39 is 21.1 Å². The van der Waals surface area contributed by atoms with E-state index in [9.17, 15) is 0 Å². The van der Waals surface area contributed by atoms with Gasteiger partial charge in [-0.25, -0.2) is 0 Å². The van der Waals surface area contributed by atoms with Crippen LogP contribution in [0, 0.1) is 0 Å². The van der Waals surface area contributed by atoms with E-state index in [2.05, 4.69) is 50.4 Å². The monoisotopic (exact) mass is 369 g/mol. The molecule has 4 heteroatoms. The standard InChI is InChI=1S/C9H6NS2.C4H9.Sn/c1-2-4-8(5-3-1)12-9-10-6-7-11-9;1-4(2)3;/h1-5,7H;1-3H3;. The second-order valence-corrected chi connectivity index (χ2v) is 13.4. The Bertz CT molecular complexity index is 474. The van der Waals surface area contributed by atoms with E-state index in [1.165, 1.54) is 12.9 Å². The molecule has 0 atom stereocenters. The molecule has 0 unspecified atom stereocenters. The molecule has 0 bridgehead atoms. The number of thiazole rings is 1. The molecular formula is C13H15NS2Sn. The van der Waals surface area contributed by atoms with E-state index >= 15 is 0 Å². The first kappa shape index (κ1) is 13.4. The van der Waals surface area contributed by atoms with Gasteiger partial charge in [0.1, 0.15) is 0 Å². The molecule has 0 aliphatic rings. The van der Waals surface area contributed by atoms with Crippen molar-refractivity contribution in [2.45, 2.75) is 33.4 Å². The summed E-state index contributed by atoms with van der Waals surface area (Å²) in [6.07, 6.45) is 0. The van der Waals surface area contributed by atoms with Crippen molar-refractivity contribution in [1.82, 2.24) is 4.98 Å². The van der Waals surface area contributed by atoms with E-state index in [0.29, 0.717) is 3.43 Å². The van der Waals surface area contributed by atoms with Crippen LogP contribution in [-0.4, -0.2) is 26.1 Å². The van der Waals surface area contributed by atoms with Gasteiger partial charge < -0.3 is 0 Å². The molecule has 0 fully saturated rings. The van der Waals surface area contributed by atoms with Gasteiger partial charge in [-0.1, -0.05) is 0 Å². The summed E-state index contributed by atoms with van der Waals surface area (Å²) in [4.78, 5) is 6.02. The maximum atomic E-state index is 4.75. The fourth-order valence-electron chi connectivity index (χ4n) is 1.34. The third-order valence-electron chi connectivity index (χ3n) is 1.93. The fraction of sp³-hybridized carbons (Fsp3) is 0.308. The molecule has 2 aromatic rings. The molecule has 0 amide bonds. The molecule has 0 spiro atoms. The van der Waals surface area contributed by atoms with Crippen molar-refractivity contribution in [1.29, 1.82) is 0 Å². The Morgan fingerprint density at radius 1 is 1.18 bits per heavy atom. The topological polar surface area (TPSA) is 12.9 Å². The van der Waals surface area contributed by atoms with Crippen molar-refractivity contribution < 1.29 is 0 Å². The van der Waals surface area contributed by atoms with Gasteiger partial charge in [0.2, 0.25) is 0 Å². The zero-order valence-corrected chi connectivity index (χ0v) is 14.7. The van der Waals surface area contributed by atoms with E-state index in [4.69, 9.17) is 4.98 Å². The summed E-state index contributed by atoms with van der Waals surface area (Å²) in [7, 11) is 0. The molecule has 1 heterocycles. The van der Waals surface area contributed by atoms with Gasteiger partial charge in [0.15, 0.2) is 0 Å². The Kier molecular flexibility index (Phi) is 4.55. The fourth-order valence-corrected chi connectivity index (χ4v) is 7.22. The van der Waals surface area contributed by atoms with Crippen molar-refractivity contribution in [2.75, 3.05) is 0 Å². The van der Waals surface area contributed by atoms with Crippen molar-refractivity contribution in [3.05, 3.63) is 35.7 Å². The van der Waals surface area contributed by atoms with Gasteiger partial charge >= 0.3 is 122 Å². The minimum absolute atomic E-state index is 0.478. The summed E-state index contributed by atoms with van der Waals surface area (Å²) in [6, 6.07) is 10.5. The summed E-state index contributed by atoms with van der Waals surface area (Å²) < 4.78 is 3.03. The molecule has 1 aromatic heterocycles. The first-order valence-corrected chi connectivity index (χ1v) is 10.0. The number of rotatable bonds is 3. The van der Waals surface area contributed by atoms with Crippen LogP contribution in [0.3, 0.4) is 0 Å². The molecule has 1 nitrogen and oxygen atoms in total. The zero-order chi connectivity index (χ0) is 12.3. The normalized spacial score (nSPS) is 11.7. The van der Waals surface area contributed by atoms with Crippen molar-refractivity contribution in [3.8, 4) is 0 Å². The van der Waals surface area contributed by atoms with Gasteiger partial charge in [-0.15, -0.1) is 0 Å². The van der Waals surface area contributed by atoms with Crippen LogP contribution >= 0.6 is 23.1 Å². The Hall–Kier alpha value is -0.00130. The summed E-state index contributed by atoms with van der Waals surface area (Å²) in [5, 5.41) is 2.25. The van der Waals surface area contributed by atoms with Gasteiger partial charge in [-0.3, -0.25) is 0 Å². The van der Waals surface area contributed by atoms with Gasteiger partial charge in [0.05, 0.1) is 0 Å². The van der Waals surface area contributed by atoms with Crippen LogP contribution in [0.2, 0.25) is 3.43 Å². The van der Waals surface area contributed by atoms with E-state index in [-0.39, 0.29) is 0 Å². The maximum absolute atomic E-state index is 4.75. The third-order valence-corrected chi connectivity index (χ3v) is 8.08. The molecule has 17 heavy (non-hydrogen) atoms. The predicted molar refractivity (Wildman–Crippen MR) is 77.8 cm³/mol. The average Bonchev–Trinajstić information content (AvgIpc) is 2.64. The predicted octanol–water partition coefficient (Wildman–Crippen LogP) is 3.84. The van der Waals surface area contributed by atoms with Crippen LogP contribution in [0.5, 0.6) is 0 Å². The molecule has 0 aliphatic carbocycles. The van der Waals surface area contributed by atoms with Crippen LogP contribution < -0.4 is 3.71 Å². The summed E-state index contributed by atoms with van der Waals surface area (Å²) >= 11 is 3.00. The quantitative estimate of drug-likeness (QED) is 0.764. The van der Waals surface area contributed by atoms with Crippen LogP contribution in [-0.2, 0) is 0 Å². The average molecular weight is 368 g/mol. The first-order valence-electron chi connectivity index (χ1n) is 5.49. The van der Waals surface area contributed by atoms with E-state index in [1.807, 2.05) is 6.07 Å². The number of benzene rings is 1. The summed E-state index contributed by atoms with van der Waals surface area (Å²) in [5.41, 5.74) is 0. The molecular weight excluding hydrogens is 353 g/mol. The molecule has 88 valence electrons. The summed E-state index contributed by atoms with van der Waals surface area (Å²) in [6.45, 7) is 6.97. The van der Waals surface area contributed by atoms with Crippen molar-refractivity contribution in [3.63, 3.8) is 0 Å². The molecule has 2 radical (unpaired) electrons. The molecule has 0 N–H and O–H groups in total. The number of aromatic nitrogens is 1. The zero-order valence-electron chi connectivity index (χ0n) is 10.2. The van der Waals surface area contributed by atoms with Crippen molar-refractivity contribution >= 4 is 48.0 Å². The van der Waals surface area contributed by atoms with Gasteiger partial charge in [-0.05, 0) is 0 Å². The van der Waals surface area contributed by atoms with Crippen LogP contribution in [0.25, 0.3) is 0 Å². The van der Waals surface area contributed by atoms with E-state index in [0.717, 1.165) is 0 Å². The summed E-state index contributed by atoms with van der Waals surface area (Å²) in [5.74, 6) is 0. The molecule has 0 saturated heterocycles. The third kappa shape index (κ3) is 4.64. The molecule has 2 rings (SSSR count). The van der Waals surface area contributed by atoms with Crippen LogP contribution in [0.15, 0.2) is 44.9 Å². The molecule has 1 aromatic carbocycles. The number of hydrogen-bond donors (Lipinski definition) is 0. The minimum atomic E-state index is -0.546. The Morgan fingerprint density at radius 3 is 2.53 bits per heavy atom. The second-order valence-electron chi connectivity index (χ2n) is 4.79. The van der Waals surface area contributed by atoms with Crippen LogP contribution in [0.4, 0.5) is 0 Å². The number of hydrogen-bond acceptors (Lipinski definition) is 3. The molecule has 0 saturated carbocycles. The van der Waals surface area contributed by atoms with Gasteiger partial charge in [0.25, 0.3) is 0 Å². The van der Waals surface area contributed by atoms with Crippen molar-refractivity contribution in [2.24, 2.45) is 0 Å². The molecule has 0 aliphatic heterocycles. The van der Waals surface area contributed by atoms with Gasteiger partial charge in [-0.2, -0.15) is 0 Å². The van der Waals surface area contributed by atoms with Crippen LogP contribution in [0.1, 0.15) is 20.8 Å². The Morgan fingerprint density at radius 2 is 1.88 bits per heavy atom. The second kappa shape index (κ2) is 5.76. The SMILES string of the molecule is C[C](C)(C)[Sn][c]1csc(Sc2ccccc2)n1. The first-order chi connectivity index (χ1) is 8.03. The Balaban J connectivity index is 2.04.